The molecule has 0 bridgehead atoms. The van der Waals surface area contributed by atoms with Crippen molar-refractivity contribution in [1.29, 1.82) is 5.26 Å². The third kappa shape index (κ3) is 5.69. The van der Waals surface area contributed by atoms with Crippen LogP contribution in [0.3, 0.4) is 0 Å². The van der Waals surface area contributed by atoms with Crippen LogP contribution in [0.4, 0.5) is 0 Å². The minimum Gasteiger partial charge on any atom is -0.339 e. The van der Waals surface area contributed by atoms with Crippen LogP contribution >= 0.6 is 11.8 Å². The second-order valence-corrected chi connectivity index (χ2v) is 7.90. The zero-order chi connectivity index (χ0) is 20.6. The van der Waals surface area contributed by atoms with Crippen LogP contribution in [0, 0.1) is 11.3 Å². The number of amides is 1. The first-order chi connectivity index (χ1) is 14.1. The third-order valence-electron chi connectivity index (χ3n) is 4.46. The van der Waals surface area contributed by atoms with Gasteiger partial charge in [0.1, 0.15) is 12.4 Å². The Bertz CT molecular complexity index is 976. The second-order valence-electron chi connectivity index (χ2n) is 6.96. The molecule has 1 aromatic heterocycles. The molecule has 1 heterocycles. The molecular formula is C22H23N5OS. The standard InChI is InChI=1S/C22H23N5OS/c1-16(2)18-8-10-20(11-9-18)27-15-24-26-22(27)29-14-21(28)25-19(13-23)12-17-6-4-3-5-7-17/h3-11,15-16,19H,12,14H2,1-2H3,(H,25,28). The van der Waals surface area contributed by atoms with E-state index in [2.05, 4.69) is 47.6 Å². The summed E-state index contributed by atoms with van der Waals surface area (Å²) < 4.78 is 1.85. The normalized spacial score (nSPS) is 11.8. The Morgan fingerprint density at radius 1 is 1.17 bits per heavy atom. The van der Waals surface area contributed by atoms with Crippen LogP contribution < -0.4 is 5.32 Å². The average molecular weight is 406 g/mol. The SMILES string of the molecule is CC(C)c1ccc(-n2cnnc2SCC(=O)NC(C#N)Cc2ccccc2)cc1. The molecule has 1 amide bonds. The molecule has 1 N–H and O–H groups in total. The van der Waals surface area contributed by atoms with Crippen molar-refractivity contribution in [2.24, 2.45) is 0 Å². The van der Waals surface area contributed by atoms with Gasteiger partial charge < -0.3 is 5.32 Å². The number of nitrogens with zero attached hydrogens (tertiary/aromatic N) is 4. The van der Waals surface area contributed by atoms with E-state index >= 15 is 0 Å². The van der Waals surface area contributed by atoms with Crippen LogP contribution in [-0.4, -0.2) is 32.5 Å². The van der Waals surface area contributed by atoms with Crippen molar-refractivity contribution in [3.05, 3.63) is 72.1 Å². The smallest absolute Gasteiger partial charge is 0.231 e. The fourth-order valence-electron chi connectivity index (χ4n) is 2.86. The molecule has 6 nitrogen and oxygen atoms in total. The molecule has 0 fully saturated rings. The Morgan fingerprint density at radius 2 is 1.90 bits per heavy atom. The molecule has 0 radical (unpaired) electrons. The Morgan fingerprint density at radius 3 is 2.55 bits per heavy atom. The zero-order valence-electron chi connectivity index (χ0n) is 16.4. The highest BCUT2D eigenvalue weighted by atomic mass is 32.2. The van der Waals surface area contributed by atoms with E-state index in [9.17, 15) is 10.1 Å². The Balaban J connectivity index is 1.58. The quantitative estimate of drug-likeness (QED) is 0.577. The summed E-state index contributed by atoms with van der Waals surface area (Å²) in [5.74, 6) is 0.420. The lowest BCUT2D eigenvalue weighted by atomic mass is 10.0. The van der Waals surface area contributed by atoms with Gasteiger partial charge in [0.15, 0.2) is 5.16 Å². The minimum atomic E-state index is -0.563. The monoisotopic (exact) mass is 405 g/mol. The number of hydrogen-bond donors (Lipinski definition) is 1. The number of carbonyl (C=O) groups excluding carboxylic acids is 1. The third-order valence-corrected chi connectivity index (χ3v) is 5.40. The lowest BCUT2D eigenvalue weighted by Gasteiger charge is -2.12. The first-order valence-corrected chi connectivity index (χ1v) is 10.4. The van der Waals surface area contributed by atoms with E-state index in [1.807, 2.05) is 47.0 Å². The first-order valence-electron chi connectivity index (χ1n) is 9.43. The van der Waals surface area contributed by atoms with Gasteiger partial charge in [0.2, 0.25) is 5.91 Å². The van der Waals surface area contributed by atoms with Gasteiger partial charge in [0.05, 0.1) is 11.8 Å². The Kier molecular flexibility index (Phi) is 7.04. The minimum absolute atomic E-state index is 0.162. The average Bonchev–Trinajstić information content (AvgIpc) is 3.21. The highest BCUT2D eigenvalue weighted by Crippen LogP contribution is 2.21. The summed E-state index contributed by atoms with van der Waals surface area (Å²) in [7, 11) is 0. The number of nitrogens with one attached hydrogen (secondary N) is 1. The fourth-order valence-corrected chi connectivity index (χ4v) is 3.60. The Hall–Kier alpha value is -3.11. The van der Waals surface area contributed by atoms with Gasteiger partial charge in [-0.15, -0.1) is 10.2 Å². The lowest BCUT2D eigenvalue weighted by Crippen LogP contribution is -2.36. The maximum atomic E-state index is 12.3. The summed E-state index contributed by atoms with van der Waals surface area (Å²) in [4.78, 5) is 12.3. The highest BCUT2D eigenvalue weighted by Gasteiger charge is 2.15. The Labute approximate surface area is 175 Å². The number of nitriles is 1. The maximum absolute atomic E-state index is 12.3. The predicted octanol–water partition coefficient (Wildman–Crippen LogP) is 3.73. The van der Waals surface area contributed by atoms with Crippen molar-refractivity contribution < 1.29 is 4.79 Å². The molecule has 1 unspecified atom stereocenters. The molecule has 3 aromatic rings. The maximum Gasteiger partial charge on any atom is 0.231 e. The summed E-state index contributed by atoms with van der Waals surface area (Å²) in [6, 6.07) is 19.5. The van der Waals surface area contributed by atoms with Crippen molar-refractivity contribution in [1.82, 2.24) is 20.1 Å². The van der Waals surface area contributed by atoms with E-state index in [1.54, 1.807) is 6.33 Å². The molecule has 0 aliphatic rings. The van der Waals surface area contributed by atoms with Gasteiger partial charge in [0, 0.05) is 12.1 Å². The molecule has 2 aromatic carbocycles. The molecule has 29 heavy (non-hydrogen) atoms. The molecule has 3 rings (SSSR count). The molecular weight excluding hydrogens is 382 g/mol. The first kappa shape index (κ1) is 20.6. The van der Waals surface area contributed by atoms with Crippen molar-refractivity contribution in [3.63, 3.8) is 0 Å². The zero-order valence-corrected chi connectivity index (χ0v) is 17.3. The predicted molar refractivity (Wildman–Crippen MR) is 114 cm³/mol. The van der Waals surface area contributed by atoms with E-state index in [1.165, 1.54) is 17.3 Å². The van der Waals surface area contributed by atoms with Crippen molar-refractivity contribution in [2.45, 2.75) is 37.4 Å². The van der Waals surface area contributed by atoms with Crippen molar-refractivity contribution >= 4 is 17.7 Å². The second kappa shape index (κ2) is 9.89. The lowest BCUT2D eigenvalue weighted by molar-refractivity contribution is -0.118. The van der Waals surface area contributed by atoms with E-state index < -0.39 is 6.04 Å². The highest BCUT2D eigenvalue weighted by molar-refractivity contribution is 7.99. The number of carbonyl (C=O) groups is 1. The van der Waals surface area contributed by atoms with Gasteiger partial charge in [-0.2, -0.15) is 5.26 Å². The summed E-state index contributed by atoms with van der Waals surface area (Å²) >= 11 is 1.29. The summed E-state index contributed by atoms with van der Waals surface area (Å²) in [6.07, 6.45) is 2.12. The molecule has 0 saturated carbocycles. The van der Waals surface area contributed by atoms with E-state index in [-0.39, 0.29) is 11.7 Å². The van der Waals surface area contributed by atoms with Crippen LogP contribution in [-0.2, 0) is 11.2 Å². The molecule has 7 heteroatoms. The van der Waals surface area contributed by atoms with Crippen molar-refractivity contribution in [3.8, 4) is 11.8 Å². The summed E-state index contributed by atoms with van der Waals surface area (Å²) in [5.41, 5.74) is 3.22. The fraction of sp³-hybridized carbons (Fsp3) is 0.273. The molecule has 0 spiro atoms. The van der Waals surface area contributed by atoms with Crippen LogP contribution in [0.15, 0.2) is 66.1 Å². The summed E-state index contributed by atoms with van der Waals surface area (Å²) in [5, 5.41) is 20.9. The summed E-state index contributed by atoms with van der Waals surface area (Å²) in [6.45, 7) is 4.31. The van der Waals surface area contributed by atoms with Crippen LogP contribution in [0.2, 0.25) is 0 Å². The van der Waals surface area contributed by atoms with Gasteiger partial charge in [-0.25, -0.2) is 0 Å². The van der Waals surface area contributed by atoms with Crippen LogP contribution in [0.5, 0.6) is 0 Å². The van der Waals surface area contributed by atoms with Gasteiger partial charge in [-0.3, -0.25) is 9.36 Å². The molecule has 0 aliphatic heterocycles. The molecule has 1 atom stereocenters. The molecule has 0 saturated heterocycles. The van der Waals surface area contributed by atoms with Crippen molar-refractivity contribution in [2.75, 3.05) is 5.75 Å². The van der Waals surface area contributed by atoms with Crippen LogP contribution in [0.25, 0.3) is 5.69 Å². The number of hydrogen-bond acceptors (Lipinski definition) is 5. The molecule has 148 valence electrons. The number of benzene rings is 2. The largest absolute Gasteiger partial charge is 0.339 e. The number of aromatic nitrogens is 3. The topological polar surface area (TPSA) is 83.6 Å². The number of thioether (sulfide) groups is 1. The van der Waals surface area contributed by atoms with E-state index in [0.29, 0.717) is 17.5 Å². The van der Waals surface area contributed by atoms with Gasteiger partial charge in [-0.05, 0) is 29.2 Å². The van der Waals surface area contributed by atoms with E-state index in [4.69, 9.17) is 0 Å². The van der Waals surface area contributed by atoms with E-state index in [0.717, 1.165) is 11.3 Å². The van der Waals surface area contributed by atoms with Gasteiger partial charge in [0.25, 0.3) is 0 Å². The van der Waals surface area contributed by atoms with Crippen LogP contribution in [0.1, 0.15) is 30.9 Å². The molecule has 0 aliphatic carbocycles. The van der Waals surface area contributed by atoms with Gasteiger partial charge in [-0.1, -0.05) is 68.1 Å². The number of rotatable bonds is 8. The van der Waals surface area contributed by atoms with Gasteiger partial charge >= 0.3 is 0 Å².